The molecule has 10 heteroatoms. The van der Waals surface area contributed by atoms with Crippen LogP contribution < -0.4 is 9.80 Å². The summed E-state index contributed by atoms with van der Waals surface area (Å²) in [6.07, 6.45) is 1.29. The van der Waals surface area contributed by atoms with Crippen LogP contribution in [0.5, 0.6) is 0 Å². The predicted molar refractivity (Wildman–Crippen MR) is 95.2 cm³/mol. The molecule has 3 rings (SSSR count). The third-order valence-electron chi connectivity index (χ3n) is 4.24. The largest absolute Gasteiger partial charge is 0.378 e. The van der Waals surface area contributed by atoms with Crippen molar-refractivity contribution in [1.82, 2.24) is 14.9 Å². The van der Waals surface area contributed by atoms with E-state index in [9.17, 15) is 13.6 Å². The first kappa shape index (κ1) is 18.0. The highest BCUT2D eigenvalue weighted by Gasteiger charge is 2.27. The Bertz CT molecular complexity index is 688. The fourth-order valence-electron chi connectivity index (χ4n) is 2.84. The number of amides is 1. The van der Waals surface area contributed by atoms with Crippen LogP contribution in [0.3, 0.4) is 0 Å². The molecular weight excluding hydrogens is 346 g/mol. The van der Waals surface area contributed by atoms with Gasteiger partial charge in [0, 0.05) is 39.3 Å². The number of hydrogen-bond acceptors (Lipinski definition) is 7. The first-order valence-corrected chi connectivity index (χ1v) is 10.3. The highest BCUT2D eigenvalue weighted by atomic mass is 32.3. The zero-order chi connectivity index (χ0) is 18.0. The third kappa shape index (κ3) is 4.65. The van der Waals surface area contributed by atoms with Gasteiger partial charge in [-0.05, 0) is 0 Å². The summed E-state index contributed by atoms with van der Waals surface area (Å²) in [5.74, 6) is 1.11. The van der Waals surface area contributed by atoms with Gasteiger partial charge in [0.2, 0.25) is 22.1 Å². The Balaban J connectivity index is 1.91. The second-order valence-electron chi connectivity index (χ2n) is 6.46. The van der Waals surface area contributed by atoms with E-state index < -0.39 is 10.2 Å². The van der Waals surface area contributed by atoms with Gasteiger partial charge in [-0.15, -0.1) is 0 Å². The van der Waals surface area contributed by atoms with E-state index in [2.05, 4.69) is 14.9 Å². The van der Waals surface area contributed by atoms with Crippen LogP contribution in [0.1, 0.15) is 5.69 Å². The summed E-state index contributed by atoms with van der Waals surface area (Å²) in [5.41, 5.74) is 0.507. The molecule has 0 saturated carbocycles. The van der Waals surface area contributed by atoms with Crippen LogP contribution >= 0.6 is 0 Å². The van der Waals surface area contributed by atoms with E-state index in [1.807, 2.05) is 4.90 Å². The van der Waals surface area contributed by atoms with Crippen LogP contribution in [0.4, 0.5) is 11.8 Å². The maximum absolute atomic E-state index is 12.0. The summed E-state index contributed by atoms with van der Waals surface area (Å²) in [4.78, 5) is 26.6. The Hall–Kier alpha value is -1.78. The lowest BCUT2D eigenvalue weighted by Crippen LogP contribution is -2.49. The number of likely N-dealkylation sites (N-methyl/N-ethyl adjacent to an activating group) is 1. The summed E-state index contributed by atoms with van der Waals surface area (Å²) in [7, 11) is -1.20. The van der Waals surface area contributed by atoms with Crippen molar-refractivity contribution in [2.24, 2.45) is 0 Å². The first-order chi connectivity index (χ1) is 11.8. The highest BCUT2D eigenvalue weighted by Crippen LogP contribution is 2.21. The number of piperazine rings is 1. The van der Waals surface area contributed by atoms with Crippen LogP contribution in [-0.2, 0) is 29.7 Å². The molecule has 1 N–H and O–H groups in total. The Morgan fingerprint density at radius 1 is 1.20 bits per heavy atom. The first-order valence-electron chi connectivity index (χ1n) is 8.21. The highest BCUT2D eigenvalue weighted by molar-refractivity contribution is 7.96. The Morgan fingerprint density at radius 2 is 1.92 bits per heavy atom. The molecule has 25 heavy (non-hydrogen) atoms. The van der Waals surface area contributed by atoms with Gasteiger partial charge in [-0.25, -0.2) is 4.98 Å². The molecular formula is C15H24N5O4S+. The Labute approximate surface area is 148 Å². The van der Waals surface area contributed by atoms with E-state index in [0.717, 1.165) is 0 Å². The standard InChI is InChI=1S/C15H23N5O4S/c1-18-3-4-20(10-14(18)21)15-16-12(11-25(2,22)23)9-13(17-15)19-5-7-24-8-6-19/h9H,3-8,10-11H2,1-2H3/p+1. The molecule has 0 spiro atoms. The Morgan fingerprint density at radius 3 is 2.56 bits per heavy atom. The number of aromatic nitrogens is 2. The van der Waals surface area contributed by atoms with Crippen molar-refractivity contribution in [2.75, 3.05) is 69.0 Å². The molecule has 0 bridgehead atoms. The molecule has 9 nitrogen and oxygen atoms in total. The summed E-state index contributed by atoms with van der Waals surface area (Å²) in [6.45, 7) is 4.09. The van der Waals surface area contributed by atoms with Gasteiger partial charge >= 0.3 is 0 Å². The van der Waals surface area contributed by atoms with E-state index in [0.29, 0.717) is 56.9 Å². The monoisotopic (exact) mass is 370 g/mol. The number of morpholine rings is 1. The molecule has 2 saturated heterocycles. The Kier molecular flexibility index (Phi) is 5.21. The lowest BCUT2D eigenvalue weighted by Gasteiger charge is -2.33. The van der Waals surface area contributed by atoms with Gasteiger partial charge in [-0.1, -0.05) is 4.21 Å². The van der Waals surface area contributed by atoms with Gasteiger partial charge in [-0.2, -0.15) is 9.54 Å². The van der Waals surface area contributed by atoms with Crippen molar-refractivity contribution in [1.29, 1.82) is 0 Å². The third-order valence-corrected chi connectivity index (χ3v) is 5.08. The number of ether oxygens (including phenoxy) is 1. The van der Waals surface area contributed by atoms with Crippen LogP contribution in [0, 0.1) is 0 Å². The van der Waals surface area contributed by atoms with Crippen molar-refractivity contribution in [3.8, 4) is 0 Å². The molecule has 1 aromatic heterocycles. The molecule has 1 amide bonds. The predicted octanol–water partition coefficient (Wildman–Crippen LogP) is -0.306. The van der Waals surface area contributed by atoms with Crippen molar-refractivity contribution in [3.05, 3.63) is 11.8 Å². The minimum atomic E-state index is -2.97. The minimum absolute atomic E-state index is 0.00891. The quantitative estimate of drug-likeness (QED) is 0.721. The number of carbonyl (C=O) groups is 1. The summed E-state index contributed by atoms with van der Waals surface area (Å²) < 4.78 is 26.9. The fourth-order valence-corrected chi connectivity index (χ4v) is 3.54. The van der Waals surface area contributed by atoms with Crippen LogP contribution in [0.2, 0.25) is 0 Å². The molecule has 0 aliphatic carbocycles. The zero-order valence-corrected chi connectivity index (χ0v) is 15.4. The van der Waals surface area contributed by atoms with E-state index in [1.54, 1.807) is 18.0 Å². The molecule has 2 fully saturated rings. The van der Waals surface area contributed by atoms with Crippen LogP contribution in [0.15, 0.2) is 6.07 Å². The molecule has 0 radical (unpaired) electrons. The summed E-state index contributed by atoms with van der Waals surface area (Å²) in [6, 6.07) is 1.76. The second-order valence-corrected chi connectivity index (χ2v) is 8.66. The molecule has 0 aromatic carbocycles. The average molecular weight is 370 g/mol. The number of nitrogens with zero attached hydrogens (tertiary/aromatic N) is 5. The van der Waals surface area contributed by atoms with Gasteiger partial charge in [0.15, 0.2) is 5.75 Å². The van der Waals surface area contributed by atoms with Crippen molar-refractivity contribution in [2.45, 2.75) is 5.75 Å². The van der Waals surface area contributed by atoms with Gasteiger partial charge in [-0.3, -0.25) is 4.79 Å². The minimum Gasteiger partial charge on any atom is -0.378 e. The topological polar surface area (TPSA) is 99.1 Å². The van der Waals surface area contributed by atoms with Crippen molar-refractivity contribution in [3.63, 3.8) is 0 Å². The summed E-state index contributed by atoms with van der Waals surface area (Å²) >= 11 is 0. The molecule has 2 aliphatic rings. The molecule has 1 unspecified atom stereocenters. The van der Waals surface area contributed by atoms with Crippen LogP contribution in [0.25, 0.3) is 0 Å². The van der Waals surface area contributed by atoms with Crippen molar-refractivity contribution < 1.29 is 18.3 Å². The summed E-state index contributed by atoms with van der Waals surface area (Å²) in [5, 5.41) is 0. The molecule has 2 aliphatic heterocycles. The number of hydrogen-bond donors (Lipinski definition) is 1. The number of anilines is 2. The number of carbonyl (C=O) groups excluding carboxylic acids is 1. The normalized spacial score (nSPS) is 21.4. The van der Waals surface area contributed by atoms with E-state index in [4.69, 9.17) is 4.74 Å². The smallest absolute Gasteiger partial charge is 0.242 e. The van der Waals surface area contributed by atoms with Gasteiger partial charge < -0.3 is 19.4 Å². The average Bonchev–Trinajstić information content (AvgIpc) is 2.56. The molecule has 138 valence electrons. The van der Waals surface area contributed by atoms with E-state index >= 15 is 0 Å². The maximum Gasteiger partial charge on any atom is 0.242 e. The van der Waals surface area contributed by atoms with Gasteiger partial charge in [0.1, 0.15) is 12.1 Å². The maximum atomic E-state index is 12.0. The van der Waals surface area contributed by atoms with Gasteiger partial charge in [0.25, 0.3) is 0 Å². The van der Waals surface area contributed by atoms with Gasteiger partial charge in [0.05, 0.1) is 25.5 Å². The number of rotatable bonds is 4. The molecule has 3 heterocycles. The van der Waals surface area contributed by atoms with Crippen molar-refractivity contribution >= 4 is 27.9 Å². The van der Waals surface area contributed by atoms with E-state index in [1.165, 1.54) is 6.26 Å². The van der Waals surface area contributed by atoms with E-state index in [-0.39, 0.29) is 18.2 Å². The second kappa shape index (κ2) is 7.22. The lowest BCUT2D eigenvalue weighted by molar-refractivity contribution is -0.129. The molecule has 1 atom stereocenters. The zero-order valence-electron chi connectivity index (χ0n) is 14.6. The SMILES string of the molecule is CN1CCN(c2nc(C[S+](C)(=O)O)cc(N3CCOCC3)n2)CC1=O. The van der Waals surface area contributed by atoms with Crippen LogP contribution in [-0.4, -0.2) is 84.6 Å². The fraction of sp³-hybridized carbons (Fsp3) is 0.667. The molecule has 1 aromatic rings. The lowest BCUT2D eigenvalue weighted by atomic mass is 10.3.